The Bertz CT molecular complexity index is 480. The van der Waals surface area contributed by atoms with Crippen molar-refractivity contribution in [2.24, 2.45) is 0 Å². The molecular formula is C13H16N2O2. The summed E-state index contributed by atoms with van der Waals surface area (Å²) in [7, 11) is 1.65. The first-order valence-corrected chi connectivity index (χ1v) is 5.63. The molecule has 0 atom stereocenters. The number of hydrogen-bond donors (Lipinski definition) is 2. The van der Waals surface area contributed by atoms with Gasteiger partial charge in [-0.05, 0) is 18.6 Å². The van der Waals surface area contributed by atoms with Gasteiger partial charge in [0.05, 0.1) is 19.0 Å². The van der Waals surface area contributed by atoms with E-state index in [1.54, 1.807) is 13.3 Å². The Morgan fingerprint density at radius 3 is 2.94 bits per heavy atom. The molecule has 0 saturated carbocycles. The lowest BCUT2D eigenvalue weighted by atomic mass is 10.1. The van der Waals surface area contributed by atoms with E-state index in [2.05, 4.69) is 9.97 Å². The van der Waals surface area contributed by atoms with Crippen molar-refractivity contribution in [2.45, 2.75) is 12.8 Å². The van der Waals surface area contributed by atoms with Crippen LogP contribution in [0.3, 0.4) is 0 Å². The number of aromatic nitrogens is 2. The summed E-state index contributed by atoms with van der Waals surface area (Å²) in [5.74, 6) is 1.71. The zero-order chi connectivity index (χ0) is 12.1. The highest BCUT2D eigenvalue weighted by molar-refractivity contribution is 5.66. The van der Waals surface area contributed by atoms with Crippen molar-refractivity contribution in [3.05, 3.63) is 36.3 Å². The molecule has 0 unspecified atom stereocenters. The molecule has 4 nitrogen and oxygen atoms in total. The van der Waals surface area contributed by atoms with Gasteiger partial charge in [0.2, 0.25) is 0 Å². The summed E-state index contributed by atoms with van der Waals surface area (Å²) in [6.45, 7) is 0.185. The van der Waals surface area contributed by atoms with Crippen LogP contribution in [0, 0.1) is 0 Å². The van der Waals surface area contributed by atoms with Crippen LogP contribution in [0.1, 0.15) is 12.2 Å². The third-order valence-corrected chi connectivity index (χ3v) is 2.60. The number of nitrogens with zero attached hydrogens (tertiary/aromatic N) is 1. The Balaban J connectivity index is 2.24. The fraction of sp³-hybridized carbons (Fsp3) is 0.308. The highest BCUT2D eigenvalue weighted by Gasteiger charge is 2.07. The van der Waals surface area contributed by atoms with Crippen LogP contribution in [0.4, 0.5) is 0 Å². The summed E-state index contributed by atoms with van der Waals surface area (Å²) in [6, 6.07) is 7.81. The topological polar surface area (TPSA) is 58.1 Å². The molecule has 0 fully saturated rings. The van der Waals surface area contributed by atoms with E-state index in [9.17, 15) is 0 Å². The molecule has 0 radical (unpaired) electrons. The number of aromatic amines is 1. The number of aliphatic hydroxyl groups is 1. The number of H-pyrrole nitrogens is 1. The van der Waals surface area contributed by atoms with Crippen molar-refractivity contribution in [1.82, 2.24) is 9.97 Å². The summed E-state index contributed by atoms with van der Waals surface area (Å²) in [5.41, 5.74) is 1.94. The Labute approximate surface area is 100 Å². The van der Waals surface area contributed by atoms with E-state index < -0.39 is 0 Å². The van der Waals surface area contributed by atoms with E-state index >= 15 is 0 Å². The van der Waals surface area contributed by atoms with Gasteiger partial charge in [-0.3, -0.25) is 0 Å². The van der Waals surface area contributed by atoms with Crippen molar-refractivity contribution in [2.75, 3.05) is 13.7 Å². The normalized spacial score (nSPS) is 10.5. The molecule has 0 bridgehead atoms. The summed E-state index contributed by atoms with van der Waals surface area (Å²) in [4.78, 5) is 7.52. The van der Waals surface area contributed by atoms with Crippen molar-refractivity contribution < 1.29 is 9.84 Å². The average molecular weight is 232 g/mol. The lowest BCUT2D eigenvalue weighted by Crippen LogP contribution is -1.92. The number of nitrogens with one attached hydrogen (secondary N) is 1. The molecule has 0 aliphatic carbocycles. The predicted molar refractivity (Wildman–Crippen MR) is 66.0 cm³/mol. The molecular weight excluding hydrogens is 216 g/mol. The predicted octanol–water partition coefficient (Wildman–Crippen LogP) is 2.01. The molecule has 0 aliphatic heterocycles. The molecule has 1 heterocycles. The standard InChI is InChI=1S/C13H16N2O2/c1-17-12-6-3-2-5-10(12)11-9-14-13(15-11)7-4-8-16/h2-3,5-6,9,16H,4,7-8H2,1H3,(H,14,15). The summed E-state index contributed by atoms with van der Waals surface area (Å²) in [5, 5.41) is 8.77. The first kappa shape index (κ1) is 11.7. The minimum absolute atomic E-state index is 0.185. The molecule has 1 aromatic carbocycles. The quantitative estimate of drug-likeness (QED) is 0.829. The number of aliphatic hydroxyl groups excluding tert-OH is 1. The summed E-state index contributed by atoms with van der Waals surface area (Å²) >= 11 is 0. The minimum Gasteiger partial charge on any atom is -0.496 e. The van der Waals surface area contributed by atoms with Gasteiger partial charge in [-0.15, -0.1) is 0 Å². The molecule has 90 valence electrons. The first-order valence-electron chi connectivity index (χ1n) is 5.63. The van der Waals surface area contributed by atoms with E-state index in [4.69, 9.17) is 9.84 Å². The number of hydrogen-bond acceptors (Lipinski definition) is 3. The van der Waals surface area contributed by atoms with Gasteiger partial charge in [-0.2, -0.15) is 0 Å². The Kier molecular flexibility index (Phi) is 3.77. The van der Waals surface area contributed by atoms with Crippen LogP contribution in [-0.4, -0.2) is 28.8 Å². The summed E-state index contributed by atoms with van der Waals surface area (Å²) in [6.07, 6.45) is 3.27. The maximum Gasteiger partial charge on any atom is 0.128 e. The molecule has 2 rings (SSSR count). The number of ether oxygens (including phenoxy) is 1. The van der Waals surface area contributed by atoms with Gasteiger partial charge in [0.15, 0.2) is 0 Å². The Hall–Kier alpha value is -1.81. The van der Waals surface area contributed by atoms with Crippen LogP contribution < -0.4 is 4.74 Å². The molecule has 0 saturated heterocycles. The van der Waals surface area contributed by atoms with Gasteiger partial charge < -0.3 is 14.8 Å². The zero-order valence-electron chi connectivity index (χ0n) is 9.81. The van der Waals surface area contributed by atoms with Crippen LogP contribution >= 0.6 is 0 Å². The van der Waals surface area contributed by atoms with Gasteiger partial charge in [0.1, 0.15) is 11.6 Å². The second-order valence-electron chi connectivity index (χ2n) is 3.77. The Morgan fingerprint density at radius 2 is 2.18 bits per heavy atom. The third-order valence-electron chi connectivity index (χ3n) is 2.60. The molecule has 0 spiro atoms. The van der Waals surface area contributed by atoms with Crippen LogP contribution in [0.25, 0.3) is 11.3 Å². The third kappa shape index (κ3) is 2.65. The number of imidazole rings is 1. The van der Waals surface area contributed by atoms with Crippen LogP contribution in [0.5, 0.6) is 5.75 Å². The van der Waals surface area contributed by atoms with Crippen molar-refractivity contribution in [1.29, 1.82) is 0 Å². The molecule has 2 N–H and O–H groups in total. The fourth-order valence-electron chi connectivity index (χ4n) is 1.74. The van der Waals surface area contributed by atoms with Crippen molar-refractivity contribution >= 4 is 0 Å². The largest absolute Gasteiger partial charge is 0.496 e. The molecule has 0 aliphatic rings. The van der Waals surface area contributed by atoms with Gasteiger partial charge in [-0.1, -0.05) is 12.1 Å². The lowest BCUT2D eigenvalue weighted by molar-refractivity contribution is 0.287. The van der Waals surface area contributed by atoms with Crippen LogP contribution in [0.15, 0.2) is 30.5 Å². The number of benzene rings is 1. The van der Waals surface area contributed by atoms with Crippen LogP contribution in [0.2, 0.25) is 0 Å². The first-order chi connectivity index (χ1) is 8.35. The highest BCUT2D eigenvalue weighted by Crippen LogP contribution is 2.27. The number of methoxy groups -OCH3 is 1. The van der Waals surface area contributed by atoms with E-state index in [1.165, 1.54) is 0 Å². The van der Waals surface area contributed by atoms with Crippen molar-refractivity contribution in [3.8, 4) is 17.0 Å². The molecule has 2 aromatic rings. The van der Waals surface area contributed by atoms with E-state index in [0.29, 0.717) is 0 Å². The SMILES string of the molecule is COc1ccccc1-c1cnc(CCCO)[nH]1. The average Bonchev–Trinajstić information content (AvgIpc) is 2.85. The maximum absolute atomic E-state index is 8.77. The number of para-hydroxylation sites is 1. The zero-order valence-corrected chi connectivity index (χ0v) is 9.81. The monoisotopic (exact) mass is 232 g/mol. The molecule has 17 heavy (non-hydrogen) atoms. The van der Waals surface area contributed by atoms with E-state index in [0.717, 1.165) is 35.7 Å². The van der Waals surface area contributed by atoms with Crippen molar-refractivity contribution in [3.63, 3.8) is 0 Å². The second-order valence-corrected chi connectivity index (χ2v) is 3.77. The minimum atomic E-state index is 0.185. The van der Waals surface area contributed by atoms with Gasteiger partial charge >= 0.3 is 0 Å². The summed E-state index contributed by atoms with van der Waals surface area (Å²) < 4.78 is 5.30. The number of aryl methyl sites for hydroxylation is 1. The van der Waals surface area contributed by atoms with Gasteiger partial charge in [0, 0.05) is 18.6 Å². The van der Waals surface area contributed by atoms with E-state index in [1.807, 2.05) is 24.3 Å². The molecule has 4 heteroatoms. The van der Waals surface area contributed by atoms with Gasteiger partial charge in [0.25, 0.3) is 0 Å². The maximum atomic E-state index is 8.77. The second kappa shape index (κ2) is 5.50. The van der Waals surface area contributed by atoms with Crippen LogP contribution in [-0.2, 0) is 6.42 Å². The smallest absolute Gasteiger partial charge is 0.128 e. The van der Waals surface area contributed by atoms with E-state index in [-0.39, 0.29) is 6.61 Å². The highest BCUT2D eigenvalue weighted by atomic mass is 16.5. The Morgan fingerprint density at radius 1 is 1.35 bits per heavy atom. The number of rotatable bonds is 5. The fourth-order valence-corrected chi connectivity index (χ4v) is 1.74. The lowest BCUT2D eigenvalue weighted by Gasteiger charge is -2.05. The van der Waals surface area contributed by atoms with Gasteiger partial charge in [-0.25, -0.2) is 4.98 Å². The molecule has 1 aromatic heterocycles. The molecule has 0 amide bonds.